The number of benzene rings is 1. The molecule has 1 aliphatic heterocycles. The number of methoxy groups -OCH3 is 1. The van der Waals surface area contributed by atoms with Crippen LogP contribution in [0.3, 0.4) is 0 Å². The standard InChI is InChI=1S/C11H13NO3/c1-12-10(7-15-11(12)13)8-4-3-5-9(6-8)14-2/h3-6,10H,7H2,1-2H3. The van der Waals surface area contributed by atoms with Gasteiger partial charge in [0.1, 0.15) is 12.4 Å². The molecule has 0 aromatic heterocycles. The minimum absolute atomic E-state index is 0.00685. The predicted molar refractivity (Wildman–Crippen MR) is 54.8 cm³/mol. The molecule has 1 aromatic rings. The van der Waals surface area contributed by atoms with Crippen molar-refractivity contribution in [2.24, 2.45) is 0 Å². The van der Waals surface area contributed by atoms with E-state index < -0.39 is 0 Å². The lowest BCUT2D eigenvalue weighted by atomic mass is 10.1. The lowest BCUT2D eigenvalue weighted by Gasteiger charge is -2.16. The number of likely N-dealkylation sites (N-methyl/N-ethyl adjacent to an activating group) is 1. The van der Waals surface area contributed by atoms with Crippen molar-refractivity contribution < 1.29 is 14.3 Å². The van der Waals surface area contributed by atoms with Crippen molar-refractivity contribution in [2.75, 3.05) is 20.8 Å². The number of carbonyl (C=O) groups is 1. The van der Waals surface area contributed by atoms with E-state index in [0.29, 0.717) is 6.61 Å². The molecule has 1 heterocycles. The first-order valence-electron chi connectivity index (χ1n) is 4.76. The van der Waals surface area contributed by atoms with Gasteiger partial charge in [0.15, 0.2) is 0 Å². The summed E-state index contributed by atoms with van der Waals surface area (Å²) in [6.45, 7) is 0.405. The topological polar surface area (TPSA) is 38.8 Å². The van der Waals surface area contributed by atoms with Gasteiger partial charge in [-0.3, -0.25) is 0 Å². The quantitative estimate of drug-likeness (QED) is 0.742. The minimum atomic E-state index is -0.275. The zero-order chi connectivity index (χ0) is 10.8. The van der Waals surface area contributed by atoms with Gasteiger partial charge in [0.25, 0.3) is 0 Å². The van der Waals surface area contributed by atoms with Gasteiger partial charge < -0.3 is 14.4 Å². The second-order valence-corrected chi connectivity index (χ2v) is 3.48. The second kappa shape index (κ2) is 3.81. The van der Waals surface area contributed by atoms with Crippen LogP contribution < -0.4 is 4.74 Å². The maximum atomic E-state index is 11.2. The first-order chi connectivity index (χ1) is 7.22. The predicted octanol–water partition coefficient (Wildman–Crippen LogP) is 1.82. The number of carbonyl (C=O) groups excluding carboxylic acids is 1. The summed E-state index contributed by atoms with van der Waals surface area (Å²) in [7, 11) is 3.36. The third kappa shape index (κ3) is 1.75. The van der Waals surface area contributed by atoms with Crippen LogP contribution in [-0.4, -0.2) is 31.8 Å². The SMILES string of the molecule is COc1cccc(C2COC(=O)N2C)c1. The van der Waals surface area contributed by atoms with Crippen LogP contribution in [0.2, 0.25) is 0 Å². The van der Waals surface area contributed by atoms with E-state index in [2.05, 4.69) is 0 Å². The van der Waals surface area contributed by atoms with Crippen molar-refractivity contribution in [3.63, 3.8) is 0 Å². The average molecular weight is 207 g/mol. The summed E-state index contributed by atoms with van der Waals surface area (Å²) in [4.78, 5) is 12.8. The van der Waals surface area contributed by atoms with E-state index in [1.807, 2.05) is 24.3 Å². The summed E-state index contributed by atoms with van der Waals surface area (Å²) >= 11 is 0. The Balaban J connectivity index is 2.26. The van der Waals surface area contributed by atoms with Crippen LogP contribution in [0.25, 0.3) is 0 Å². The van der Waals surface area contributed by atoms with Crippen LogP contribution in [-0.2, 0) is 4.74 Å². The Morgan fingerprint density at radius 3 is 2.93 bits per heavy atom. The second-order valence-electron chi connectivity index (χ2n) is 3.48. The van der Waals surface area contributed by atoms with Crippen LogP contribution in [0.15, 0.2) is 24.3 Å². The number of hydrogen-bond donors (Lipinski definition) is 0. The summed E-state index contributed by atoms with van der Waals surface area (Å²) in [5, 5.41) is 0. The van der Waals surface area contributed by atoms with Gasteiger partial charge in [0.2, 0.25) is 0 Å². The Kier molecular flexibility index (Phi) is 2.49. The maximum Gasteiger partial charge on any atom is 0.410 e. The zero-order valence-corrected chi connectivity index (χ0v) is 8.77. The van der Waals surface area contributed by atoms with Gasteiger partial charge in [-0.1, -0.05) is 12.1 Å². The van der Waals surface area contributed by atoms with E-state index in [1.54, 1.807) is 19.1 Å². The van der Waals surface area contributed by atoms with E-state index in [-0.39, 0.29) is 12.1 Å². The molecule has 1 fully saturated rings. The summed E-state index contributed by atoms with van der Waals surface area (Å²) in [6.07, 6.45) is -0.275. The molecule has 1 saturated heterocycles. The third-order valence-corrected chi connectivity index (χ3v) is 2.60. The van der Waals surface area contributed by atoms with Gasteiger partial charge in [0.05, 0.1) is 13.2 Å². The largest absolute Gasteiger partial charge is 0.497 e. The molecule has 4 heteroatoms. The van der Waals surface area contributed by atoms with E-state index in [4.69, 9.17) is 9.47 Å². The Morgan fingerprint density at radius 1 is 1.53 bits per heavy atom. The van der Waals surface area contributed by atoms with Crippen molar-refractivity contribution in [1.82, 2.24) is 4.90 Å². The molecule has 1 unspecified atom stereocenters. The monoisotopic (exact) mass is 207 g/mol. The number of nitrogens with zero attached hydrogens (tertiary/aromatic N) is 1. The molecule has 0 spiro atoms. The fourth-order valence-electron chi connectivity index (χ4n) is 1.66. The van der Waals surface area contributed by atoms with Crippen molar-refractivity contribution in [3.8, 4) is 5.75 Å². The van der Waals surface area contributed by atoms with E-state index in [9.17, 15) is 4.79 Å². The van der Waals surface area contributed by atoms with Gasteiger partial charge in [0, 0.05) is 7.05 Å². The lowest BCUT2D eigenvalue weighted by molar-refractivity contribution is 0.163. The number of hydrogen-bond acceptors (Lipinski definition) is 3. The molecular weight excluding hydrogens is 194 g/mol. The molecule has 0 saturated carbocycles. The first kappa shape index (κ1) is 9.83. The van der Waals surface area contributed by atoms with Gasteiger partial charge in [-0.2, -0.15) is 0 Å². The summed E-state index contributed by atoms with van der Waals surface area (Å²) < 4.78 is 10.1. The van der Waals surface area contributed by atoms with Crippen molar-refractivity contribution >= 4 is 6.09 Å². The Labute approximate surface area is 88.4 Å². The highest BCUT2D eigenvalue weighted by atomic mass is 16.6. The fourth-order valence-corrected chi connectivity index (χ4v) is 1.66. The van der Waals surface area contributed by atoms with Crippen LogP contribution in [0, 0.1) is 0 Å². The van der Waals surface area contributed by atoms with E-state index in [1.165, 1.54) is 0 Å². The highest BCUT2D eigenvalue weighted by Gasteiger charge is 2.30. The summed E-state index contributed by atoms with van der Waals surface area (Å²) in [5.74, 6) is 0.792. The van der Waals surface area contributed by atoms with Gasteiger partial charge in [-0.15, -0.1) is 0 Å². The molecule has 1 aliphatic rings. The van der Waals surface area contributed by atoms with Crippen molar-refractivity contribution in [1.29, 1.82) is 0 Å². The van der Waals surface area contributed by atoms with Crippen LogP contribution in [0.1, 0.15) is 11.6 Å². The van der Waals surface area contributed by atoms with Gasteiger partial charge in [-0.25, -0.2) is 4.79 Å². The molecule has 1 amide bonds. The minimum Gasteiger partial charge on any atom is -0.497 e. The van der Waals surface area contributed by atoms with Gasteiger partial charge >= 0.3 is 6.09 Å². The van der Waals surface area contributed by atoms with Crippen LogP contribution in [0.5, 0.6) is 5.75 Å². The Hall–Kier alpha value is -1.71. The Morgan fingerprint density at radius 2 is 2.33 bits per heavy atom. The molecule has 4 nitrogen and oxygen atoms in total. The summed E-state index contributed by atoms with van der Waals surface area (Å²) in [6, 6.07) is 7.66. The highest BCUT2D eigenvalue weighted by Crippen LogP contribution is 2.27. The lowest BCUT2D eigenvalue weighted by Crippen LogP contribution is -2.22. The molecule has 15 heavy (non-hydrogen) atoms. The maximum absolute atomic E-state index is 11.2. The normalized spacial score (nSPS) is 20.3. The molecule has 0 N–H and O–H groups in total. The molecule has 1 atom stereocenters. The molecule has 1 aromatic carbocycles. The average Bonchev–Trinajstić information content (AvgIpc) is 2.60. The van der Waals surface area contributed by atoms with Crippen LogP contribution >= 0.6 is 0 Å². The van der Waals surface area contributed by atoms with Crippen molar-refractivity contribution in [2.45, 2.75) is 6.04 Å². The molecule has 2 rings (SSSR count). The molecular formula is C11H13NO3. The van der Waals surface area contributed by atoms with Gasteiger partial charge in [-0.05, 0) is 17.7 Å². The van der Waals surface area contributed by atoms with Crippen molar-refractivity contribution in [3.05, 3.63) is 29.8 Å². The molecule has 0 bridgehead atoms. The number of cyclic esters (lactones) is 1. The first-order valence-corrected chi connectivity index (χ1v) is 4.76. The van der Waals surface area contributed by atoms with E-state index in [0.717, 1.165) is 11.3 Å². The fraction of sp³-hybridized carbons (Fsp3) is 0.364. The zero-order valence-electron chi connectivity index (χ0n) is 8.77. The smallest absolute Gasteiger partial charge is 0.410 e. The molecule has 0 radical (unpaired) electrons. The molecule has 0 aliphatic carbocycles. The molecule has 80 valence electrons. The summed E-state index contributed by atoms with van der Waals surface area (Å²) in [5.41, 5.74) is 1.03. The number of amides is 1. The Bertz CT molecular complexity index is 378. The third-order valence-electron chi connectivity index (χ3n) is 2.60. The van der Waals surface area contributed by atoms with Crippen LogP contribution in [0.4, 0.5) is 4.79 Å². The highest BCUT2D eigenvalue weighted by molar-refractivity contribution is 5.70. The number of rotatable bonds is 2. The number of ether oxygens (including phenoxy) is 2. The van der Waals surface area contributed by atoms with E-state index >= 15 is 0 Å².